The molecule has 2 fully saturated rings. The molecule has 5 nitrogen and oxygen atoms in total. The van der Waals surface area contributed by atoms with Crippen LogP contribution in [0.25, 0.3) is 0 Å². The molecule has 2 heterocycles. The number of benzene rings is 2. The first-order chi connectivity index (χ1) is 13.4. The van der Waals surface area contributed by atoms with Gasteiger partial charge in [-0.1, -0.05) is 71.9 Å². The Kier molecular flexibility index (Phi) is 5.49. The second kappa shape index (κ2) is 7.89. The highest BCUT2D eigenvalue weighted by molar-refractivity contribution is 8.15. The summed E-state index contributed by atoms with van der Waals surface area (Å²) in [6, 6.07) is 16.7. The molecule has 2 saturated heterocycles. The summed E-state index contributed by atoms with van der Waals surface area (Å²) in [6.45, 7) is 0.431. The van der Waals surface area contributed by atoms with Crippen LogP contribution in [0.3, 0.4) is 0 Å². The third-order valence-corrected chi connectivity index (χ3v) is 8.51. The minimum Gasteiger partial charge on any atom is -0.342 e. The van der Waals surface area contributed by atoms with Gasteiger partial charge in [-0.25, -0.2) is 8.42 Å². The topological polar surface area (TPSA) is 66.8 Å². The summed E-state index contributed by atoms with van der Waals surface area (Å²) < 4.78 is 24.2. The smallest absolute Gasteiger partial charge is 0.252 e. The number of halogens is 1. The maximum atomic E-state index is 12.5. The maximum absolute atomic E-state index is 12.5. The SMILES string of the molecule is O=C(Cc1ccccc1)N=C1SC2CS(=O)(=O)CC2N1Cc1ccccc1Cl. The van der Waals surface area contributed by atoms with Crippen LogP contribution in [0.5, 0.6) is 0 Å². The van der Waals surface area contributed by atoms with Crippen LogP contribution in [0.1, 0.15) is 11.1 Å². The third-order valence-electron chi connectivity index (χ3n) is 4.89. The van der Waals surface area contributed by atoms with E-state index in [1.54, 1.807) is 6.07 Å². The minimum atomic E-state index is -3.08. The van der Waals surface area contributed by atoms with Crippen molar-refractivity contribution in [3.05, 3.63) is 70.7 Å². The average molecular weight is 435 g/mol. The van der Waals surface area contributed by atoms with Crippen LogP contribution >= 0.6 is 23.4 Å². The van der Waals surface area contributed by atoms with E-state index >= 15 is 0 Å². The summed E-state index contributed by atoms with van der Waals surface area (Å²) in [5.41, 5.74) is 1.79. The fraction of sp³-hybridized carbons (Fsp3) is 0.300. The molecule has 2 aromatic carbocycles. The van der Waals surface area contributed by atoms with Crippen LogP contribution in [-0.2, 0) is 27.6 Å². The Morgan fingerprint density at radius 2 is 1.82 bits per heavy atom. The molecule has 2 aliphatic heterocycles. The van der Waals surface area contributed by atoms with Crippen LogP contribution in [0, 0.1) is 0 Å². The number of thioether (sulfide) groups is 1. The predicted octanol–water partition coefficient (Wildman–Crippen LogP) is 3.18. The summed E-state index contributed by atoms with van der Waals surface area (Å²) in [5.74, 6) is -0.0328. The molecule has 4 rings (SSSR count). The van der Waals surface area contributed by atoms with E-state index in [0.29, 0.717) is 16.7 Å². The number of carbonyl (C=O) groups is 1. The fourth-order valence-corrected chi connectivity index (χ4v) is 7.71. The number of hydrogen-bond acceptors (Lipinski definition) is 4. The normalized spacial score (nSPS) is 24.5. The molecule has 2 aromatic rings. The molecule has 0 aromatic heterocycles. The molecular weight excluding hydrogens is 416 g/mol. The van der Waals surface area contributed by atoms with Crippen LogP contribution in [0.4, 0.5) is 0 Å². The lowest BCUT2D eigenvalue weighted by atomic mass is 10.1. The van der Waals surface area contributed by atoms with E-state index < -0.39 is 9.84 Å². The van der Waals surface area contributed by atoms with Gasteiger partial charge in [-0.15, -0.1) is 0 Å². The first-order valence-corrected chi connectivity index (χ1v) is 12.0. The molecule has 2 atom stereocenters. The van der Waals surface area contributed by atoms with Crippen LogP contribution in [0.15, 0.2) is 59.6 Å². The summed E-state index contributed by atoms with van der Waals surface area (Å²) in [5, 5.41) is 1.10. The van der Waals surface area contributed by atoms with Crippen molar-refractivity contribution in [2.75, 3.05) is 11.5 Å². The Morgan fingerprint density at radius 1 is 1.11 bits per heavy atom. The van der Waals surface area contributed by atoms with Gasteiger partial charge in [-0.2, -0.15) is 4.99 Å². The van der Waals surface area contributed by atoms with Gasteiger partial charge in [0.1, 0.15) is 0 Å². The molecule has 28 heavy (non-hydrogen) atoms. The lowest BCUT2D eigenvalue weighted by Gasteiger charge is -2.25. The first kappa shape index (κ1) is 19.5. The van der Waals surface area contributed by atoms with E-state index in [-0.39, 0.29) is 35.1 Å². The van der Waals surface area contributed by atoms with Crippen molar-refractivity contribution in [3.63, 3.8) is 0 Å². The van der Waals surface area contributed by atoms with Gasteiger partial charge in [0, 0.05) is 16.8 Å². The van der Waals surface area contributed by atoms with Crippen molar-refractivity contribution in [2.24, 2.45) is 4.99 Å². The Morgan fingerprint density at radius 3 is 2.57 bits per heavy atom. The van der Waals surface area contributed by atoms with Crippen molar-refractivity contribution in [1.29, 1.82) is 0 Å². The number of nitrogens with zero attached hydrogens (tertiary/aromatic N) is 2. The molecule has 8 heteroatoms. The maximum Gasteiger partial charge on any atom is 0.252 e. The lowest BCUT2D eigenvalue weighted by Crippen LogP contribution is -2.37. The van der Waals surface area contributed by atoms with Gasteiger partial charge in [0.05, 0.1) is 24.0 Å². The molecule has 0 bridgehead atoms. The number of amides is 1. The molecule has 0 saturated carbocycles. The van der Waals surface area contributed by atoms with Crippen molar-refractivity contribution in [3.8, 4) is 0 Å². The largest absolute Gasteiger partial charge is 0.342 e. The Balaban J connectivity index is 1.60. The standard InChI is InChI=1S/C20H19ClN2O3S2/c21-16-9-5-4-8-15(16)11-23-17-12-28(25,26)13-18(17)27-20(23)22-19(24)10-14-6-2-1-3-7-14/h1-9,17-18H,10-13H2. The minimum absolute atomic E-state index is 0.0843. The number of fused-ring (bicyclic) bond motifs is 1. The van der Waals surface area contributed by atoms with Crippen molar-refractivity contribution in [2.45, 2.75) is 24.3 Å². The van der Waals surface area contributed by atoms with E-state index in [4.69, 9.17) is 11.6 Å². The lowest BCUT2D eigenvalue weighted by molar-refractivity contribution is -0.117. The summed E-state index contributed by atoms with van der Waals surface area (Å²) in [6.07, 6.45) is 0.221. The van der Waals surface area contributed by atoms with E-state index in [1.807, 2.05) is 53.4 Å². The monoisotopic (exact) mass is 434 g/mol. The Labute approximate surface area is 173 Å². The van der Waals surface area contributed by atoms with Gasteiger partial charge in [0.25, 0.3) is 5.91 Å². The highest BCUT2D eigenvalue weighted by Gasteiger charge is 2.48. The number of amidine groups is 1. The molecule has 2 aliphatic rings. The molecule has 1 amide bonds. The molecule has 0 N–H and O–H groups in total. The fourth-order valence-electron chi connectivity index (χ4n) is 3.55. The Bertz CT molecular complexity index is 1020. The zero-order chi connectivity index (χ0) is 19.7. The Hall–Kier alpha value is -1.83. The highest BCUT2D eigenvalue weighted by atomic mass is 35.5. The van der Waals surface area contributed by atoms with E-state index in [2.05, 4.69) is 4.99 Å². The first-order valence-electron chi connectivity index (χ1n) is 8.94. The van der Waals surface area contributed by atoms with Gasteiger partial charge in [-0.3, -0.25) is 4.79 Å². The predicted molar refractivity (Wildman–Crippen MR) is 113 cm³/mol. The summed E-state index contributed by atoms with van der Waals surface area (Å²) in [7, 11) is -3.08. The molecule has 2 unspecified atom stereocenters. The van der Waals surface area contributed by atoms with E-state index in [0.717, 1.165) is 11.1 Å². The van der Waals surface area contributed by atoms with Gasteiger partial charge in [0.2, 0.25) is 0 Å². The average Bonchev–Trinajstić information content (AvgIpc) is 3.10. The molecule has 146 valence electrons. The number of hydrogen-bond donors (Lipinski definition) is 0. The molecule has 0 aliphatic carbocycles. The zero-order valence-electron chi connectivity index (χ0n) is 15.0. The van der Waals surface area contributed by atoms with Gasteiger partial charge in [-0.05, 0) is 17.2 Å². The van der Waals surface area contributed by atoms with Crippen LogP contribution in [-0.4, -0.2) is 47.2 Å². The number of sulfone groups is 1. The second-order valence-corrected chi connectivity index (χ2v) is 10.7. The molecule has 0 radical (unpaired) electrons. The van der Waals surface area contributed by atoms with Gasteiger partial charge >= 0.3 is 0 Å². The van der Waals surface area contributed by atoms with Crippen molar-refractivity contribution in [1.82, 2.24) is 4.90 Å². The van der Waals surface area contributed by atoms with Gasteiger partial charge in [0.15, 0.2) is 15.0 Å². The summed E-state index contributed by atoms with van der Waals surface area (Å²) >= 11 is 7.69. The van der Waals surface area contributed by atoms with Crippen molar-refractivity contribution < 1.29 is 13.2 Å². The van der Waals surface area contributed by atoms with E-state index in [9.17, 15) is 13.2 Å². The van der Waals surface area contributed by atoms with Crippen LogP contribution < -0.4 is 0 Å². The van der Waals surface area contributed by atoms with Gasteiger partial charge < -0.3 is 4.90 Å². The number of aliphatic imine (C=N–C) groups is 1. The molecule has 0 spiro atoms. The third kappa shape index (κ3) is 4.26. The molecular formula is C20H19ClN2O3S2. The quantitative estimate of drug-likeness (QED) is 0.739. The zero-order valence-corrected chi connectivity index (χ0v) is 17.4. The van der Waals surface area contributed by atoms with E-state index in [1.165, 1.54) is 11.8 Å². The van der Waals surface area contributed by atoms with Crippen molar-refractivity contribution >= 4 is 44.3 Å². The highest BCUT2D eigenvalue weighted by Crippen LogP contribution is 2.39. The summed E-state index contributed by atoms with van der Waals surface area (Å²) in [4.78, 5) is 18.8. The second-order valence-electron chi connectivity index (χ2n) is 6.97. The number of rotatable bonds is 4. The number of carbonyl (C=O) groups excluding carboxylic acids is 1. The van der Waals surface area contributed by atoms with Crippen LogP contribution in [0.2, 0.25) is 5.02 Å².